The van der Waals surface area contributed by atoms with Crippen molar-refractivity contribution in [1.82, 2.24) is 0 Å². The van der Waals surface area contributed by atoms with E-state index in [4.69, 9.17) is 11.0 Å². The largest absolute Gasteiger partial charge is 0.327 e. The molecule has 0 saturated carbocycles. The molecule has 0 aromatic heterocycles. The van der Waals surface area contributed by atoms with Crippen LogP contribution in [0, 0.1) is 11.3 Å². The Balaban J connectivity index is 0. The molecule has 1 atom stereocenters. The molecule has 0 amide bonds. The van der Waals surface area contributed by atoms with Crippen molar-refractivity contribution >= 4 is 12.4 Å². The maximum absolute atomic E-state index is 7.91. The number of nitriles is 1. The van der Waals surface area contributed by atoms with Crippen LogP contribution in [-0.2, 0) is 0 Å². The molecule has 0 bridgehead atoms. The summed E-state index contributed by atoms with van der Waals surface area (Å²) in [6.45, 7) is 1.81. The highest BCUT2D eigenvalue weighted by molar-refractivity contribution is 5.85. The minimum atomic E-state index is 0. The van der Waals surface area contributed by atoms with E-state index in [1.54, 1.807) is 0 Å². The van der Waals surface area contributed by atoms with Gasteiger partial charge in [0.2, 0.25) is 0 Å². The van der Waals surface area contributed by atoms with E-state index in [2.05, 4.69) is 0 Å². The standard InChI is InChI=1S/C4H8N2.ClH/c1-4(6)2-3-5;/h4H,2,6H2,1H3;1H/t4-;/m1./s1. The quantitative estimate of drug-likeness (QED) is 0.553. The topological polar surface area (TPSA) is 49.8 Å². The molecule has 0 spiro atoms. The van der Waals surface area contributed by atoms with Gasteiger partial charge in [-0.05, 0) is 6.92 Å². The second-order valence-corrected chi connectivity index (χ2v) is 1.34. The van der Waals surface area contributed by atoms with Gasteiger partial charge in [0.25, 0.3) is 0 Å². The van der Waals surface area contributed by atoms with Gasteiger partial charge in [0.05, 0.1) is 6.07 Å². The average Bonchev–Trinajstić information content (AvgIpc) is 1.35. The van der Waals surface area contributed by atoms with Crippen LogP contribution in [0.15, 0.2) is 0 Å². The van der Waals surface area contributed by atoms with Crippen molar-refractivity contribution in [3.63, 3.8) is 0 Å². The first-order valence-electron chi connectivity index (χ1n) is 1.90. The second-order valence-electron chi connectivity index (χ2n) is 1.34. The van der Waals surface area contributed by atoms with Crippen molar-refractivity contribution in [2.75, 3.05) is 0 Å². The molecule has 0 unspecified atom stereocenters. The van der Waals surface area contributed by atoms with E-state index < -0.39 is 0 Å². The predicted octanol–water partition coefficient (Wildman–Crippen LogP) is 0.669. The summed E-state index contributed by atoms with van der Waals surface area (Å²) in [5.74, 6) is 0. The Morgan fingerprint density at radius 1 is 1.86 bits per heavy atom. The number of rotatable bonds is 1. The minimum Gasteiger partial charge on any atom is -0.327 e. The molecule has 0 aliphatic rings. The van der Waals surface area contributed by atoms with Crippen molar-refractivity contribution in [3.05, 3.63) is 0 Å². The van der Waals surface area contributed by atoms with Gasteiger partial charge in [-0.25, -0.2) is 0 Å². The fraction of sp³-hybridized carbons (Fsp3) is 0.750. The minimum absolute atomic E-state index is 0. The van der Waals surface area contributed by atoms with Gasteiger partial charge in [0, 0.05) is 12.5 Å². The fourth-order valence-corrected chi connectivity index (χ4v) is 0.144. The zero-order valence-electron chi connectivity index (χ0n) is 4.22. The molecule has 0 fully saturated rings. The molecule has 0 aromatic carbocycles. The Kier molecular flexibility index (Phi) is 8.10. The summed E-state index contributed by atoms with van der Waals surface area (Å²) in [6, 6.07) is 1.98. The van der Waals surface area contributed by atoms with Gasteiger partial charge in [-0.2, -0.15) is 5.26 Å². The van der Waals surface area contributed by atoms with Crippen molar-refractivity contribution in [2.24, 2.45) is 5.73 Å². The van der Waals surface area contributed by atoms with Gasteiger partial charge >= 0.3 is 0 Å². The van der Waals surface area contributed by atoms with Crippen LogP contribution in [0.2, 0.25) is 0 Å². The summed E-state index contributed by atoms with van der Waals surface area (Å²) in [5, 5.41) is 7.91. The first-order chi connectivity index (χ1) is 2.77. The number of halogens is 1. The van der Waals surface area contributed by atoms with Gasteiger partial charge in [-0.3, -0.25) is 0 Å². The molecule has 42 valence electrons. The molecule has 0 aliphatic carbocycles. The van der Waals surface area contributed by atoms with Crippen LogP contribution < -0.4 is 5.73 Å². The van der Waals surface area contributed by atoms with E-state index in [-0.39, 0.29) is 18.4 Å². The lowest BCUT2D eigenvalue weighted by Crippen LogP contribution is -2.12. The normalized spacial score (nSPS) is 11.0. The number of hydrogen-bond acceptors (Lipinski definition) is 2. The summed E-state index contributed by atoms with van der Waals surface area (Å²) >= 11 is 0. The van der Waals surface area contributed by atoms with Gasteiger partial charge in [0.15, 0.2) is 0 Å². The Labute approximate surface area is 49.7 Å². The SMILES string of the molecule is C[C@@H](N)CC#N.Cl. The second kappa shape index (κ2) is 5.74. The monoisotopic (exact) mass is 120 g/mol. The Morgan fingerprint density at radius 3 is 2.29 bits per heavy atom. The van der Waals surface area contributed by atoms with E-state index >= 15 is 0 Å². The number of hydrogen-bond donors (Lipinski definition) is 1. The van der Waals surface area contributed by atoms with Crippen LogP contribution >= 0.6 is 12.4 Å². The molecule has 7 heavy (non-hydrogen) atoms. The highest BCUT2D eigenvalue weighted by atomic mass is 35.5. The lowest BCUT2D eigenvalue weighted by Gasteiger charge is -1.89. The molecule has 3 heteroatoms. The number of nitrogens with two attached hydrogens (primary N) is 1. The summed E-state index contributed by atoms with van der Waals surface area (Å²) in [7, 11) is 0. The molecular formula is C4H9ClN2. The highest BCUT2D eigenvalue weighted by Gasteiger charge is 1.85. The maximum Gasteiger partial charge on any atom is 0.0637 e. The third-order valence-electron chi connectivity index (χ3n) is 0.413. The Bertz CT molecular complexity index is 64.6. The van der Waals surface area contributed by atoms with Crippen molar-refractivity contribution in [3.8, 4) is 6.07 Å². The van der Waals surface area contributed by atoms with Crippen molar-refractivity contribution in [1.29, 1.82) is 5.26 Å². The molecule has 0 heterocycles. The van der Waals surface area contributed by atoms with Crippen LogP contribution in [0.5, 0.6) is 0 Å². The number of nitrogens with zero attached hydrogens (tertiary/aromatic N) is 1. The third kappa shape index (κ3) is 10.7. The van der Waals surface area contributed by atoms with E-state index in [0.717, 1.165) is 0 Å². The van der Waals surface area contributed by atoms with Crippen LogP contribution in [0.3, 0.4) is 0 Å². The molecule has 2 N–H and O–H groups in total. The molecule has 0 saturated heterocycles. The van der Waals surface area contributed by atoms with Crippen molar-refractivity contribution in [2.45, 2.75) is 19.4 Å². The average molecular weight is 121 g/mol. The Morgan fingerprint density at radius 2 is 2.29 bits per heavy atom. The van der Waals surface area contributed by atoms with E-state index in [0.29, 0.717) is 6.42 Å². The molecule has 0 radical (unpaired) electrons. The first kappa shape index (κ1) is 9.88. The van der Waals surface area contributed by atoms with E-state index in [9.17, 15) is 0 Å². The van der Waals surface area contributed by atoms with Gasteiger partial charge in [-0.1, -0.05) is 0 Å². The summed E-state index contributed by atoms with van der Waals surface area (Å²) in [6.07, 6.45) is 0.458. The molecule has 2 nitrogen and oxygen atoms in total. The fourth-order valence-electron chi connectivity index (χ4n) is 0.144. The zero-order valence-corrected chi connectivity index (χ0v) is 5.03. The van der Waals surface area contributed by atoms with E-state index in [1.165, 1.54) is 0 Å². The molecular weight excluding hydrogens is 112 g/mol. The maximum atomic E-state index is 7.91. The van der Waals surface area contributed by atoms with E-state index in [1.807, 2.05) is 13.0 Å². The third-order valence-corrected chi connectivity index (χ3v) is 0.413. The molecule has 0 aromatic rings. The smallest absolute Gasteiger partial charge is 0.0637 e. The molecule has 0 rings (SSSR count). The Hall–Kier alpha value is -0.260. The van der Waals surface area contributed by atoms with Gasteiger partial charge < -0.3 is 5.73 Å². The van der Waals surface area contributed by atoms with Crippen LogP contribution in [0.1, 0.15) is 13.3 Å². The summed E-state index contributed by atoms with van der Waals surface area (Å²) < 4.78 is 0. The van der Waals surface area contributed by atoms with Crippen LogP contribution in [0.25, 0.3) is 0 Å². The van der Waals surface area contributed by atoms with Crippen LogP contribution in [-0.4, -0.2) is 6.04 Å². The highest BCUT2D eigenvalue weighted by Crippen LogP contribution is 1.77. The van der Waals surface area contributed by atoms with Crippen molar-refractivity contribution < 1.29 is 0 Å². The zero-order chi connectivity index (χ0) is 4.99. The summed E-state index contributed by atoms with van der Waals surface area (Å²) in [5.41, 5.74) is 5.18. The van der Waals surface area contributed by atoms with Gasteiger partial charge in [0.1, 0.15) is 0 Å². The summed E-state index contributed by atoms with van der Waals surface area (Å²) in [4.78, 5) is 0. The van der Waals surface area contributed by atoms with Gasteiger partial charge in [-0.15, -0.1) is 12.4 Å². The lowest BCUT2D eigenvalue weighted by molar-refractivity contribution is 0.765. The first-order valence-corrected chi connectivity index (χ1v) is 1.90. The molecule has 0 aliphatic heterocycles. The van der Waals surface area contributed by atoms with Crippen LogP contribution in [0.4, 0.5) is 0 Å². The predicted molar refractivity (Wildman–Crippen MR) is 31.1 cm³/mol. The lowest BCUT2D eigenvalue weighted by atomic mass is 10.3.